The predicted molar refractivity (Wildman–Crippen MR) is 153 cm³/mol. The SMILES string of the molecule is CCN(c1cc(Cl)cc(C(=O)NCCc2nccn2Cc2ccccc2)c1C)[C@H]1CC[C@H](N(C)C)CC1. The minimum Gasteiger partial charge on any atom is -0.369 e. The summed E-state index contributed by atoms with van der Waals surface area (Å²) in [5.74, 6) is 0.868. The van der Waals surface area contributed by atoms with Gasteiger partial charge in [0.1, 0.15) is 5.82 Å². The van der Waals surface area contributed by atoms with Gasteiger partial charge in [0.15, 0.2) is 0 Å². The van der Waals surface area contributed by atoms with E-state index < -0.39 is 0 Å². The zero-order chi connectivity index (χ0) is 26.4. The maximum absolute atomic E-state index is 13.3. The molecule has 1 amide bonds. The van der Waals surface area contributed by atoms with Crippen LogP contribution in [0.3, 0.4) is 0 Å². The minimum atomic E-state index is -0.0882. The molecule has 0 radical (unpaired) electrons. The lowest BCUT2D eigenvalue weighted by molar-refractivity contribution is 0.0953. The summed E-state index contributed by atoms with van der Waals surface area (Å²) in [6.07, 6.45) is 9.16. The number of imidazole rings is 1. The van der Waals surface area contributed by atoms with Gasteiger partial charge in [0.05, 0.1) is 0 Å². The molecule has 0 atom stereocenters. The summed E-state index contributed by atoms with van der Waals surface area (Å²) in [4.78, 5) is 22.6. The number of benzene rings is 2. The molecule has 1 aliphatic rings. The highest BCUT2D eigenvalue weighted by molar-refractivity contribution is 6.31. The van der Waals surface area contributed by atoms with Crippen LogP contribution in [0.15, 0.2) is 54.9 Å². The topological polar surface area (TPSA) is 53.4 Å². The van der Waals surface area contributed by atoms with E-state index in [2.05, 4.69) is 57.8 Å². The number of carbonyl (C=O) groups excluding carboxylic acids is 1. The van der Waals surface area contributed by atoms with Crippen LogP contribution in [0.5, 0.6) is 0 Å². The third-order valence-electron chi connectivity index (χ3n) is 7.71. The quantitative estimate of drug-likeness (QED) is 0.379. The van der Waals surface area contributed by atoms with Crippen LogP contribution in [0, 0.1) is 6.92 Å². The summed E-state index contributed by atoms with van der Waals surface area (Å²) in [5, 5.41) is 3.70. The van der Waals surface area contributed by atoms with Crippen molar-refractivity contribution in [2.75, 3.05) is 32.1 Å². The van der Waals surface area contributed by atoms with Gasteiger partial charge in [-0.3, -0.25) is 4.79 Å². The number of aromatic nitrogens is 2. The number of rotatable bonds is 10. The fourth-order valence-corrected chi connectivity index (χ4v) is 5.80. The number of carbonyl (C=O) groups is 1. The first-order chi connectivity index (χ1) is 17.9. The van der Waals surface area contributed by atoms with Crippen LogP contribution in [0.4, 0.5) is 5.69 Å². The Balaban J connectivity index is 1.41. The van der Waals surface area contributed by atoms with Gasteiger partial charge in [-0.1, -0.05) is 41.9 Å². The first-order valence-corrected chi connectivity index (χ1v) is 13.8. The van der Waals surface area contributed by atoms with Crippen molar-refractivity contribution < 1.29 is 4.79 Å². The molecule has 37 heavy (non-hydrogen) atoms. The molecule has 1 aliphatic carbocycles. The molecule has 0 unspecified atom stereocenters. The van der Waals surface area contributed by atoms with Gasteiger partial charge in [-0.25, -0.2) is 4.98 Å². The molecule has 1 heterocycles. The molecule has 198 valence electrons. The van der Waals surface area contributed by atoms with E-state index in [1.165, 1.54) is 18.4 Å². The third kappa shape index (κ3) is 6.74. The molecule has 7 heteroatoms. The second-order valence-corrected chi connectivity index (χ2v) is 10.7. The van der Waals surface area contributed by atoms with Gasteiger partial charge in [0, 0.05) is 66.8 Å². The largest absolute Gasteiger partial charge is 0.369 e. The Morgan fingerprint density at radius 2 is 1.81 bits per heavy atom. The number of halogens is 1. The van der Waals surface area contributed by atoms with Crippen LogP contribution < -0.4 is 10.2 Å². The van der Waals surface area contributed by atoms with Gasteiger partial charge >= 0.3 is 0 Å². The monoisotopic (exact) mass is 521 g/mol. The summed E-state index contributed by atoms with van der Waals surface area (Å²) in [6, 6.07) is 15.3. The predicted octanol–water partition coefficient (Wildman–Crippen LogP) is 5.56. The standard InChI is InChI=1S/C30H40ClN5O/c1-5-36(26-13-11-25(12-14-26)34(3)4)28-20-24(31)19-27(22(28)2)30(37)33-16-15-29-32-17-18-35(29)21-23-9-7-6-8-10-23/h6-10,17-20,25-26H,5,11-16,21H2,1-4H3,(H,33,37)/t25-,26-. The molecule has 4 rings (SSSR count). The number of hydrogen-bond donors (Lipinski definition) is 1. The van der Waals surface area contributed by atoms with E-state index in [0.717, 1.165) is 43.0 Å². The minimum absolute atomic E-state index is 0.0882. The van der Waals surface area contributed by atoms with E-state index in [1.54, 1.807) is 6.07 Å². The third-order valence-corrected chi connectivity index (χ3v) is 7.93. The normalized spacial score (nSPS) is 17.7. The lowest BCUT2D eigenvalue weighted by Crippen LogP contribution is -2.42. The number of nitrogens with zero attached hydrogens (tertiary/aromatic N) is 4. The molecule has 2 aromatic carbocycles. The highest BCUT2D eigenvalue weighted by Crippen LogP contribution is 2.34. The van der Waals surface area contributed by atoms with E-state index in [0.29, 0.717) is 35.6 Å². The summed E-state index contributed by atoms with van der Waals surface area (Å²) in [7, 11) is 4.34. The van der Waals surface area contributed by atoms with Crippen LogP contribution in [-0.2, 0) is 13.0 Å². The van der Waals surface area contributed by atoms with Gasteiger partial charge in [-0.15, -0.1) is 0 Å². The molecule has 0 bridgehead atoms. The number of anilines is 1. The number of hydrogen-bond acceptors (Lipinski definition) is 4. The molecule has 1 aromatic heterocycles. The van der Waals surface area contributed by atoms with E-state index in [9.17, 15) is 4.79 Å². The zero-order valence-corrected chi connectivity index (χ0v) is 23.3. The van der Waals surface area contributed by atoms with Crippen molar-refractivity contribution in [1.29, 1.82) is 0 Å². The molecule has 0 spiro atoms. The van der Waals surface area contributed by atoms with Gasteiger partial charge in [0.2, 0.25) is 0 Å². The van der Waals surface area contributed by atoms with Crippen molar-refractivity contribution in [2.45, 2.75) is 64.6 Å². The Hall–Kier alpha value is -2.83. The fourth-order valence-electron chi connectivity index (χ4n) is 5.59. The van der Waals surface area contributed by atoms with E-state index >= 15 is 0 Å². The van der Waals surface area contributed by atoms with Gasteiger partial charge in [-0.2, -0.15) is 0 Å². The molecule has 1 N–H and O–H groups in total. The van der Waals surface area contributed by atoms with Gasteiger partial charge in [-0.05, 0) is 76.9 Å². The zero-order valence-electron chi connectivity index (χ0n) is 22.6. The molecule has 6 nitrogen and oxygen atoms in total. The molecule has 1 saturated carbocycles. The van der Waals surface area contributed by atoms with Crippen LogP contribution in [0.2, 0.25) is 5.02 Å². The molecule has 0 saturated heterocycles. The van der Waals surface area contributed by atoms with Crippen molar-refractivity contribution in [3.63, 3.8) is 0 Å². The van der Waals surface area contributed by atoms with Crippen LogP contribution in [0.1, 0.15) is 59.9 Å². The number of nitrogens with one attached hydrogen (secondary N) is 1. The van der Waals surface area contributed by atoms with E-state index in [-0.39, 0.29) is 5.91 Å². The van der Waals surface area contributed by atoms with E-state index in [1.807, 2.05) is 43.6 Å². The molecular formula is C30H40ClN5O. The lowest BCUT2D eigenvalue weighted by Gasteiger charge is -2.40. The van der Waals surface area contributed by atoms with E-state index in [4.69, 9.17) is 11.6 Å². The Labute approximate surface area is 226 Å². The highest BCUT2D eigenvalue weighted by atomic mass is 35.5. The molecular weight excluding hydrogens is 482 g/mol. The van der Waals surface area contributed by atoms with Crippen LogP contribution >= 0.6 is 11.6 Å². The second-order valence-electron chi connectivity index (χ2n) is 10.3. The van der Waals surface area contributed by atoms with Gasteiger partial charge in [0.25, 0.3) is 5.91 Å². The smallest absolute Gasteiger partial charge is 0.251 e. The summed E-state index contributed by atoms with van der Waals surface area (Å²) < 4.78 is 2.13. The van der Waals surface area contributed by atoms with Crippen LogP contribution in [0.25, 0.3) is 0 Å². The summed E-state index contributed by atoms with van der Waals surface area (Å²) in [6.45, 7) is 6.41. The average molecular weight is 522 g/mol. The fraction of sp³-hybridized carbons (Fsp3) is 0.467. The van der Waals surface area contributed by atoms with Crippen LogP contribution in [-0.4, -0.2) is 59.6 Å². The Morgan fingerprint density at radius 3 is 2.49 bits per heavy atom. The molecule has 3 aromatic rings. The molecule has 0 aliphatic heterocycles. The Kier molecular flexibility index (Phi) is 9.28. The van der Waals surface area contributed by atoms with Crippen molar-refractivity contribution in [1.82, 2.24) is 19.8 Å². The van der Waals surface area contributed by atoms with Crippen molar-refractivity contribution in [3.05, 3.63) is 82.4 Å². The Bertz CT molecular complexity index is 1170. The highest BCUT2D eigenvalue weighted by Gasteiger charge is 2.28. The summed E-state index contributed by atoms with van der Waals surface area (Å²) in [5.41, 5.74) is 3.94. The summed E-state index contributed by atoms with van der Waals surface area (Å²) >= 11 is 6.56. The second kappa shape index (κ2) is 12.6. The molecule has 1 fully saturated rings. The first kappa shape index (κ1) is 27.2. The van der Waals surface area contributed by atoms with Crippen molar-refractivity contribution in [2.24, 2.45) is 0 Å². The Morgan fingerprint density at radius 1 is 1.11 bits per heavy atom. The maximum atomic E-state index is 13.3. The first-order valence-electron chi connectivity index (χ1n) is 13.4. The number of amides is 1. The lowest BCUT2D eigenvalue weighted by atomic mass is 9.89. The van der Waals surface area contributed by atoms with Crippen molar-refractivity contribution in [3.8, 4) is 0 Å². The van der Waals surface area contributed by atoms with Gasteiger partial charge < -0.3 is 19.7 Å². The maximum Gasteiger partial charge on any atom is 0.251 e. The average Bonchev–Trinajstić information content (AvgIpc) is 3.33. The van der Waals surface area contributed by atoms with Crippen molar-refractivity contribution >= 4 is 23.2 Å².